The molecule has 0 aliphatic carbocycles. The van der Waals surface area contributed by atoms with Crippen molar-refractivity contribution in [2.45, 2.75) is 66.2 Å². The van der Waals surface area contributed by atoms with E-state index in [1.54, 1.807) is 4.90 Å². The van der Waals surface area contributed by atoms with E-state index >= 15 is 0 Å². The lowest BCUT2D eigenvalue weighted by Crippen LogP contribution is -2.59. The number of carbonyl (C=O) groups is 2. The highest BCUT2D eigenvalue weighted by Crippen LogP contribution is 2.33. The molecule has 1 aliphatic heterocycles. The first kappa shape index (κ1) is 21.7. The smallest absolute Gasteiger partial charge is 0.410 e. The van der Waals surface area contributed by atoms with Crippen molar-refractivity contribution in [1.29, 1.82) is 0 Å². The summed E-state index contributed by atoms with van der Waals surface area (Å²) >= 11 is 3.51. The molecule has 1 aromatic rings. The van der Waals surface area contributed by atoms with E-state index < -0.39 is 11.0 Å². The third kappa shape index (κ3) is 5.47. The zero-order chi connectivity index (χ0) is 20.6. The van der Waals surface area contributed by atoms with E-state index in [1.807, 2.05) is 77.6 Å². The van der Waals surface area contributed by atoms with Crippen molar-refractivity contribution in [3.8, 4) is 0 Å². The highest BCUT2D eigenvalue weighted by molar-refractivity contribution is 9.10. The fourth-order valence-corrected chi connectivity index (χ4v) is 3.63. The van der Waals surface area contributed by atoms with Gasteiger partial charge in [0.15, 0.2) is 0 Å². The summed E-state index contributed by atoms with van der Waals surface area (Å²) in [6, 6.07) is 7.55. The van der Waals surface area contributed by atoms with Crippen LogP contribution >= 0.6 is 15.9 Å². The maximum atomic E-state index is 13.0. The Balaban J connectivity index is 2.39. The second-order valence-corrected chi connectivity index (χ2v) is 10.2. The molecule has 2 rings (SSSR count). The van der Waals surface area contributed by atoms with Gasteiger partial charge >= 0.3 is 6.09 Å². The Morgan fingerprint density at radius 1 is 1.07 bits per heavy atom. The van der Waals surface area contributed by atoms with Crippen molar-refractivity contribution in [1.82, 2.24) is 9.80 Å². The van der Waals surface area contributed by atoms with Gasteiger partial charge in [-0.05, 0) is 45.4 Å². The lowest BCUT2D eigenvalue weighted by Gasteiger charge is -2.47. The topological polar surface area (TPSA) is 49.9 Å². The predicted octanol–water partition coefficient (Wildman–Crippen LogP) is 5.00. The highest BCUT2D eigenvalue weighted by Gasteiger charge is 2.41. The second kappa shape index (κ2) is 7.82. The monoisotopic (exact) mass is 438 g/mol. The molecule has 0 saturated carbocycles. The number of halogens is 1. The number of amides is 2. The number of ether oxygens (including phenoxy) is 1. The summed E-state index contributed by atoms with van der Waals surface area (Å²) in [5.74, 6) is 0.0961. The fraction of sp³-hybridized carbons (Fsp3) is 0.619. The molecule has 0 aromatic heterocycles. The Hall–Kier alpha value is -1.56. The van der Waals surface area contributed by atoms with Crippen LogP contribution in [0.25, 0.3) is 0 Å². The SMILES string of the molecule is C[C@@H]1CN(C(=O)OC(C)(C)C)[C@@H](c2cccc(Br)c2)CN1C(=O)C(C)(C)C. The number of rotatable bonds is 1. The Morgan fingerprint density at radius 3 is 2.22 bits per heavy atom. The maximum absolute atomic E-state index is 13.0. The molecule has 5 nitrogen and oxygen atoms in total. The number of carbonyl (C=O) groups excluding carboxylic acids is 2. The lowest BCUT2D eigenvalue weighted by atomic mass is 9.91. The third-order valence-electron chi connectivity index (χ3n) is 4.50. The van der Waals surface area contributed by atoms with Crippen LogP contribution in [-0.2, 0) is 9.53 Å². The zero-order valence-electron chi connectivity index (χ0n) is 17.4. The van der Waals surface area contributed by atoms with Gasteiger partial charge in [-0.25, -0.2) is 4.79 Å². The van der Waals surface area contributed by atoms with Gasteiger partial charge in [0, 0.05) is 29.0 Å². The van der Waals surface area contributed by atoms with E-state index in [4.69, 9.17) is 4.74 Å². The van der Waals surface area contributed by atoms with Crippen LogP contribution in [-0.4, -0.2) is 46.5 Å². The van der Waals surface area contributed by atoms with E-state index in [9.17, 15) is 9.59 Å². The summed E-state index contributed by atoms with van der Waals surface area (Å²) in [5.41, 5.74) is -0.0566. The molecular formula is C21H31BrN2O3. The van der Waals surface area contributed by atoms with Gasteiger partial charge < -0.3 is 9.64 Å². The van der Waals surface area contributed by atoms with Crippen LogP contribution in [0.4, 0.5) is 4.79 Å². The second-order valence-electron chi connectivity index (χ2n) is 9.26. The molecule has 150 valence electrons. The van der Waals surface area contributed by atoms with E-state index in [-0.39, 0.29) is 24.1 Å². The largest absolute Gasteiger partial charge is 0.444 e. The van der Waals surface area contributed by atoms with Gasteiger partial charge in [0.25, 0.3) is 0 Å². The molecule has 1 heterocycles. The van der Waals surface area contributed by atoms with E-state index in [0.717, 1.165) is 10.0 Å². The van der Waals surface area contributed by atoms with Crippen LogP contribution in [0.3, 0.4) is 0 Å². The molecule has 27 heavy (non-hydrogen) atoms. The summed E-state index contributed by atoms with van der Waals surface area (Å²) < 4.78 is 6.58. The molecular weight excluding hydrogens is 408 g/mol. The summed E-state index contributed by atoms with van der Waals surface area (Å²) in [5, 5.41) is 0. The van der Waals surface area contributed by atoms with Gasteiger partial charge in [-0.1, -0.05) is 48.8 Å². The Labute approximate surface area is 171 Å². The third-order valence-corrected chi connectivity index (χ3v) is 5.00. The van der Waals surface area contributed by atoms with Gasteiger partial charge in [-0.3, -0.25) is 9.69 Å². The van der Waals surface area contributed by atoms with Crippen LogP contribution in [0.2, 0.25) is 0 Å². The zero-order valence-corrected chi connectivity index (χ0v) is 19.0. The van der Waals surface area contributed by atoms with Crippen LogP contribution in [0.1, 0.15) is 60.1 Å². The normalized spacial score (nSPS) is 21.2. The number of nitrogens with zero attached hydrogens (tertiary/aromatic N) is 2. The summed E-state index contributed by atoms with van der Waals surface area (Å²) in [6.07, 6.45) is -0.345. The van der Waals surface area contributed by atoms with Crippen molar-refractivity contribution in [2.75, 3.05) is 13.1 Å². The van der Waals surface area contributed by atoms with Crippen molar-refractivity contribution >= 4 is 27.9 Å². The number of hydrogen-bond acceptors (Lipinski definition) is 3. The standard InChI is InChI=1S/C21H31BrN2O3/c1-14-12-24(19(26)27-21(5,6)7)17(15-9-8-10-16(22)11-15)13-23(14)18(25)20(2,3)4/h8-11,14,17H,12-13H2,1-7H3/t14-,17-/m1/s1. The van der Waals surface area contributed by atoms with Gasteiger partial charge in [0.05, 0.1) is 6.04 Å². The first-order valence-corrected chi connectivity index (χ1v) is 10.1. The van der Waals surface area contributed by atoms with Crippen molar-refractivity contribution in [3.05, 3.63) is 34.3 Å². The molecule has 1 aliphatic rings. The van der Waals surface area contributed by atoms with E-state index in [2.05, 4.69) is 15.9 Å². The molecule has 0 unspecified atom stereocenters. The van der Waals surface area contributed by atoms with Crippen molar-refractivity contribution in [2.24, 2.45) is 5.41 Å². The number of piperazine rings is 1. The minimum atomic E-state index is -0.569. The summed E-state index contributed by atoms with van der Waals surface area (Å²) in [6.45, 7) is 14.2. The van der Waals surface area contributed by atoms with Crippen LogP contribution in [0.5, 0.6) is 0 Å². The quantitative estimate of drug-likeness (QED) is 0.619. The molecule has 6 heteroatoms. The summed E-state index contributed by atoms with van der Waals surface area (Å²) in [4.78, 5) is 29.5. The molecule has 2 amide bonds. The minimum absolute atomic E-state index is 0.0763. The maximum Gasteiger partial charge on any atom is 0.410 e. The van der Waals surface area contributed by atoms with Crippen LogP contribution < -0.4 is 0 Å². The molecule has 1 aromatic carbocycles. The average molecular weight is 439 g/mol. The van der Waals surface area contributed by atoms with Crippen LogP contribution in [0, 0.1) is 5.41 Å². The van der Waals surface area contributed by atoms with Crippen molar-refractivity contribution < 1.29 is 14.3 Å². The molecule has 0 bridgehead atoms. The Kier molecular flexibility index (Phi) is 6.30. The highest BCUT2D eigenvalue weighted by atomic mass is 79.9. The molecule has 1 saturated heterocycles. The predicted molar refractivity (Wildman–Crippen MR) is 110 cm³/mol. The van der Waals surface area contributed by atoms with Gasteiger partial charge in [-0.15, -0.1) is 0 Å². The molecule has 0 N–H and O–H groups in total. The van der Waals surface area contributed by atoms with E-state index in [0.29, 0.717) is 13.1 Å². The Bertz CT molecular complexity index is 706. The molecule has 0 radical (unpaired) electrons. The summed E-state index contributed by atoms with van der Waals surface area (Å²) in [7, 11) is 0. The molecule has 0 spiro atoms. The first-order valence-electron chi connectivity index (χ1n) is 9.36. The molecule has 2 atom stereocenters. The first-order chi connectivity index (χ1) is 12.3. The van der Waals surface area contributed by atoms with Crippen molar-refractivity contribution in [3.63, 3.8) is 0 Å². The van der Waals surface area contributed by atoms with Gasteiger partial charge in [-0.2, -0.15) is 0 Å². The number of benzene rings is 1. The molecule has 1 fully saturated rings. The van der Waals surface area contributed by atoms with Crippen LogP contribution in [0.15, 0.2) is 28.7 Å². The fourth-order valence-electron chi connectivity index (χ4n) is 3.21. The Morgan fingerprint density at radius 2 is 1.70 bits per heavy atom. The van der Waals surface area contributed by atoms with E-state index in [1.165, 1.54) is 0 Å². The van der Waals surface area contributed by atoms with Gasteiger partial charge in [0.2, 0.25) is 5.91 Å². The number of hydrogen-bond donors (Lipinski definition) is 0. The lowest BCUT2D eigenvalue weighted by molar-refractivity contribution is -0.145. The minimum Gasteiger partial charge on any atom is -0.444 e. The van der Waals surface area contributed by atoms with Gasteiger partial charge in [0.1, 0.15) is 5.60 Å². The average Bonchev–Trinajstić information content (AvgIpc) is 2.51.